The van der Waals surface area contributed by atoms with Crippen LogP contribution in [0.15, 0.2) is 35.4 Å². The third-order valence-corrected chi connectivity index (χ3v) is 6.07. The van der Waals surface area contributed by atoms with E-state index in [0.717, 1.165) is 29.4 Å². The normalized spacial score (nSPS) is 15.1. The number of aromatic nitrogens is 4. The molecule has 1 aliphatic rings. The van der Waals surface area contributed by atoms with E-state index in [4.69, 9.17) is 4.74 Å². The molecule has 0 radical (unpaired) electrons. The number of likely N-dealkylation sites (tertiary alicyclic amines) is 1. The number of hydrogen-bond acceptors (Lipinski definition) is 5. The second kappa shape index (κ2) is 8.53. The highest BCUT2D eigenvalue weighted by molar-refractivity contribution is 5.98. The van der Waals surface area contributed by atoms with Gasteiger partial charge in [0.2, 0.25) is 5.88 Å². The first-order valence-electron chi connectivity index (χ1n) is 10.7. The van der Waals surface area contributed by atoms with Crippen molar-refractivity contribution < 1.29 is 9.53 Å². The molecule has 31 heavy (non-hydrogen) atoms. The Bertz CT molecular complexity index is 1160. The summed E-state index contributed by atoms with van der Waals surface area (Å²) in [6.07, 6.45) is 3.39. The van der Waals surface area contributed by atoms with E-state index in [0.29, 0.717) is 37.0 Å². The van der Waals surface area contributed by atoms with Crippen LogP contribution in [0.4, 0.5) is 0 Å². The number of nitrogens with zero attached hydrogens (tertiary/aromatic N) is 5. The van der Waals surface area contributed by atoms with Gasteiger partial charge < -0.3 is 9.64 Å². The highest BCUT2D eigenvalue weighted by atomic mass is 16.5. The third-order valence-electron chi connectivity index (χ3n) is 6.07. The lowest BCUT2D eigenvalue weighted by Crippen LogP contribution is -2.40. The number of aryl methyl sites for hydroxylation is 1. The van der Waals surface area contributed by atoms with E-state index in [1.54, 1.807) is 28.8 Å². The van der Waals surface area contributed by atoms with Gasteiger partial charge >= 0.3 is 0 Å². The lowest BCUT2D eigenvalue weighted by molar-refractivity contribution is 0.0682. The molecule has 1 aliphatic heterocycles. The van der Waals surface area contributed by atoms with Crippen molar-refractivity contribution >= 4 is 16.8 Å². The highest BCUT2D eigenvalue weighted by Gasteiger charge is 2.25. The summed E-state index contributed by atoms with van der Waals surface area (Å²) < 4.78 is 8.74. The standard InChI is InChI=1S/C23H29N5O3/c1-15(2)19-12-21(29)28(14-24-19)13-16-7-9-27(10-8-16)22(30)17-5-6-18-20(11-17)25-26(3)23(18)31-4/h5-6,11-12,14-16H,7-10,13H2,1-4H3. The van der Waals surface area contributed by atoms with Crippen molar-refractivity contribution in [2.45, 2.75) is 39.2 Å². The number of fused-ring (bicyclic) bond motifs is 1. The van der Waals surface area contributed by atoms with E-state index in [1.165, 1.54) is 0 Å². The summed E-state index contributed by atoms with van der Waals surface area (Å²) in [7, 11) is 3.44. The third kappa shape index (κ3) is 4.19. The van der Waals surface area contributed by atoms with Crippen molar-refractivity contribution in [2.24, 2.45) is 13.0 Å². The molecule has 8 heteroatoms. The number of carbonyl (C=O) groups is 1. The number of rotatable bonds is 5. The van der Waals surface area contributed by atoms with Gasteiger partial charge in [-0.05, 0) is 42.9 Å². The second-order valence-corrected chi connectivity index (χ2v) is 8.56. The van der Waals surface area contributed by atoms with Crippen LogP contribution in [0.2, 0.25) is 0 Å². The SMILES string of the molecule is COc1c2ccc(C(=O)N3CCC(Cn4cnc(C(C)C)cc4=O)CC3)cc2nn1C. The average Bonchev–Trinajstić information content (AvgIpc) is 3.09. The molecule has 1 fully saturated rings. The first kappa shape index (κ1) is 21.1. The van der Waals surface area contributed by atoms with E-state index in [1.807, 2.05) is 44.0 Å². The molecule has 0 bridgehead atoms. The van der Waals surface area contributed by atoms with E-state index in [9.17, 15) is 9.59 Å². The maximum Gasteiger partial charge on any atom is 0.253 e. The molecule has 0 spiro atoms. The Labute approximate surface area is 181 Å². The zero-order valence-electron chi connectivity index (χ0n) is 18.5. The predicted octanol–water partition coefficient (Wildman–Crippen LogP) is 2.81. The Morgan fingerprint density at radius 1 is 1.23 bits per heavy atom. The van der Waals surface area contributed by atoms with Gasteiger partial charge in [0.05, 0.1) is 30.0 Å². The fourth-order valence-corrected chi connectivity index (χ4v) is 4.22. The first-order chi connectivity index (χ1) is 14.9. The van der Waals surface area contributed by atoms with Gasteiger partial charge in [0.15, 0.2) is 0 Å². The van der Waals surface area contributed by atoms with Crippen LogP contribution in [-0.2, 0) is 13.6 Å². The van der Waals surface area contributed by atoms with Crippen molar-refractivity contribution in [1.82, 2.24) is 24.2 Å². The lowest BCUT2D eigenvalue weighted by atomic mass is 9.96. The summed E-state index contributed by atoms with van der Waals surface area (Å²) in [6, 6.07) is 7.18. The van der Waals surface area contributed by atoms with Gasteiger partial charge in [0.25, 0.3) is 11.5 Å². The maximum atomic E-state index is 13.0. The van der Waals surface area contributed by atoms with Gasteiger partial charge in [-0.25, -0.2) is 9.67 Å². The van der Waals surface area contributed by atoms with Gasteiger partial charge in [-0.2, -0.15) is 5.10 Å². The summed E-state index contributed by atoms with van der Waals surface area (Å²) in [5.74, 6) is 1.30. The van der Waals surface area contributed by atoms with Crippen LogP contribution in [0.1, 0.15) is 48.7 Å². The molecule has 3 heterocycles. The molecular weight excluding hydrogens is 394 g/mol. The number of benzene rings is 1. The zero-order chi connectivity index (χ0) is 22.1. The van der Waals surface area contributed by atoms with Crippen LogP contribution in [0.5, 0.6) is 5.88 Å². The highest BCUT2D eigenvalue weighted by Crippen LogP contribution is 2.27. The Morgan fingerprint density at radius 3 is 2.61 bits per heavy atom. The molecule has 2 aromatic heterocycles. The lowest BCUT2D eigenvalue weighted by Gasteiger charge is -2.32. The zero-order valence-corrected chi connectivity index (χ0v) is 18.5. The van der Waals surface area contributed by atoms with Crippen molar-refractivity contribution in [1.29, 1.82) is 0 Å². The van der Waals surface area contributed by atoms with Crippen LogP contribution >= 0.6 is 0 Å². The minimum absolute atomic E-state index is 0.00343. The van der Waals surface area contributed by atoms with Gasteiger partial charge in [-0.15, -0.1) is 0 Å². The van der Waals surface area contributed by atoms with Crippen LogP contribution < -0.4 is 10.3 Å². The maximum absolute atomic E-state index is 13.0. The van der Waals surface area contributed by atoms with Gasteiger partial charge in [0.1, 0.15) is 0 Å². The van der Waals surface area contributed by atoms with Crippen molar-refractivity contribution in [3.8, 4) is 5.88 Å². The fourth-order valence-electron chi connectivity index (χ4n) is 4.22. The molecule has 0 unspecified atom stereocenters. The van der Waals surface area contributed by atoms with Crippen LogP contribution in [0, 0.1) is 5.92 Å². The second-order valence-electron chi connectivity index (χ2n) is 8.56. The first-order valence-corrected chi connectivity index (χ1v) is 10.7. The summed E-state index contributed by atoms with van der Waals surface area (Å²) in [4.78, 5) is 31.7. The molecule has 1 saturated heterocycles. The minimum atomic E-state index is -0.00343. The van der Waals surface area contributed by atoms with Crippen molar-refractivity contribution in [3.05, 3.63) is 52.2 Å². The molecular formula is C23H29N5O3. The molecule has 1 amide bonds. The quantitative estimate of drug-likeness (QED) is 0.630. The molecule has 0 aliphatic carbocycles. The molecule has 3 aromatic rings. The van der Waals surface area contributed by atoms with Gasteiger partial charge in [-0.3, -0.25) is 14.2 Å². The van der Waals surface area contributed by atoms with E-state index < -0.39 is 0 Å². The molecule has 164 valence electrons. The molecule has 0 atom stereocenters. The summed E-state index contributed by atoms with van der Waals surface area (Å²) in [5.41, 5.74) is 2.20. The fraction of sp³-hybridized carbons (Fsp3) is 0.478. The average molecular weight is 424 g/mol. The molecule has 1 aromatic carbocycles. The van der Waals surface area contributed by atoms with Crippen LogP contribution in [0.25, 0.3) is 10.9 Å². The Hall–Kier alpha value is -3.16. The monoisotopic (exact) mass is 423 g/mol. The van der Waals surface area contributed by atoms with Crippen LogP contribution in [0.3, 0.4) is 0 Å². The Kier molecular flexibility index (Phi) is 5.80. The van der Waals surface area contributed by atoms with E-state index in [2.05, 4.69) is 10.1 Å². The number of methoxy groups -OCH3 is 1. The summed E-state index contributed by atoms with van der Waals surface area (Å²) >= 11 is 0. The minimum Gasteiger partial charge on any atom is -0.481 e. The number of carbonyl (C=O) groups excluding carboxylic acids is 1. The topological polar surface area (TPSA) is 82.2 Å². The Balaban J connectivity index is 1.40. The van der Waals surface area contributed by atoms with Gasteiger partial charge in [0, 0.05) is 38.3 Å². The predicted molar refractivity (Wildman–Crippen MR) is 118 cm³/mol. The number of ether oxygens (including phenoxy) is 1. The molecule has 8 nitrogen and oxygen atoms in total. The van der Waals surface area contributed by atoms with E-state index in [-0.39, 0.29) is 17.4 Å². The summed E-state index contributed by atoms with van der Waals surface area (Å²) in [5, 5.41) is 5.33. The van der Waals surface area contributed by atoms with E-state index >= 15 is 0 Å². The number of hydrogen-bond donors (Lipinski definition) is 0. The smallest absolute Gasteiger partial charge is 0.253 e. The summed E-state index contributed by atoms with van der Waals surface area (Å²) in [6.45, 7) is 6.06. The molecule has 0 N–H and O–H groups in total. The molecule has 0 saturated carbocycles. The Morgan fingerprint density at radius 2 is 1.97 bits per heavy atom. The number of piperidine rings is 1. The largest absolute Gasteiger partial charge is 0.481 e. The van der Waals surface area contributed by atoms with Gasteiger partial charge in [-0.1, -0.05) is 13.8 Å². The van der Waals surface area contributed by atoms with Crippen molar-refractivity contribution in [2.75, 3.05) is 20.2 Å². The van der Waals surface area contributed by atoms with Crippen LogP contribution in [-0.4, -0.2) is 50.3 Å². The molecule has 4 rings (SSSR count). The van der Waals surface area contributed by atoms with Crippen molar-refractivity contribution in [3.63, 3.8) is 0 Å². The number of amides is 1.